The highest BCUT2D eigenvalue weighted by Crippen LogP contribution is 2.24. The van der Waals surface area contributed by atoms with E-state index in [4.69, 9.17) is 17.0 Å². The van der Waals surface area contributed by atoms with E-state index in [2.05, 4.69) is 46.7 Å². The number of nitrogens with one attached hydrogen (secondary N) is 5. The lowest BCUT2D eigenvalue weighted by molar-refractivity contribution is 0.153. The first-order valence-electron chi connectivity index (χ1n) is 10.4. The van der Waals surface area contributed by atoms with Crippen LogP contribution in [0.5, 0.6) is 0 Å². The number of fused-ring (bicyclic) bond motifs is 1. The molecule has 0 saturated carbocycles. The number of imidazole rings is 1. The van der Waals surface area contributed by atoms with Gasteiger partial charge in [0.1, 0.15) is 0 Å². The minimum absolute atomic E-state index is 0.201. The van der Waals surface area contributed by atoms with Crippen molar-refractivity contribution in [1.29, 1.82) is 0 Å². The Labute approximate surface area is 186 Å². The molecule has 0 radical (unpaired) electrons. The fourth-order valence-corrected chi connectivity index (χ4v) is 3.30. The van der Waals surface area contributed by atoms with E-state index < -0.39 is 6.09 Å². The van der Waals surface area contributed by atoms with E-state index in [1.807, 2.05) is 13.8 Å². The molecule has 31 heavy (non-hydrogen) atoms. The fraction of sp³-hybridized carbons (Fsp3) is 0.556. The van der Waals surface area contributed by atoms with Crippen molar-refractivity contribution in [2.24, 2.45) is 0 Å². The maximum absolute atomic E-state index is 12.5. The molecule has 0 aliphatic heterocycles. The molecule has 0 saturated heterocycles. The second-order valence-corrected chi connectivity index (χ2v) is 7.05. The summed E-state index contributed by atoms with van der Waals surface area (Å²) in [6.45, 7) is 7.28. The van der Waals surface area contributed by atoms with Crippen LogP contribution in [0.4, 0.5) is 28.6 Å². The van der Waals surface area contributed by atoms with Crippen molar-refractivity contribution in [2.75, 3.05) is 41.1 Å². The molecular weight excluding hydrogens is 420 g/mol. The Kier molecular flexibility index (Phi) is 7.76. The Morgan fingerprint density at radius 2 is 1.65 bits per heavy atom. The molecule has 0 amide bonds. The molecule has 0 aromatic carbocycles. The molecule has 12 nitrogen and oxygen atoms in total. The number of carbonyl (C=O) groups is 1. The van der Waals surface area contributed by atoms with Crippen LogP contribution in [0.25, 0.3) is 0 Å². The van der Waals surface area contributed by atoms with Crippen molar-refractivity contribution >= 4 is 47.2 Å². The summed E-state index contributed by atoms with van der Waals surface area (Å²) in [7, 11) is 0. The summed E-state index contributed by atoms with van der Waals surface area (Å²) in [5, 5.41) is 9.21. The van der Waals surface area contributed by atoms with Gasteiger partial charge < -0.3 is 15.4 Å². The van der Waals surface area contributed by atoms with Gasteiger partial charge in [-0.1, -0.05) is 0 Å². The molecule has 1 aliphatic rings. The van der Waals surface area contributed by atoms with E-state index in [-0.39, 0.29) is 17.7 Å². The van der Waals surface area contributed by atoms with E-state index in [1.54, 1.807) is 6.92 Å². The fourth-order valence-electron chi connectivity index (χ4n) is 3.16. The summed E-state index contributed by atoms with van der Waals surface area (Å²) in [5.41, 5.74) is 7.50. The van der Waals surface area contributed by atoms with Crippen LogP contribution in [-0.4, -0.2) is 55.4 Å². The number of rotatable bonds is 8. The number of hydrogen-bond acceptors (Lipinski definition) is 10. The second kappa shape index (κ2) is 10.7. The first kappa shape index (κ1) is 22.5. The van der Waals surface area contributed by atoms with Gasteiger partial charge in [-0.15, -0.1) is 0 Å². The minimum Gasteiger partial charge on any atom is -0.449 e. The highest BCUT2D eigenvalue weighted by molar-refractivity contribution is 7.80. The highest BCUT2D eigenvalue weighted by atomic mass is 32.1. The van der Waals surface area contributed by atoms with E-state index in [1.165, 1.54) is 4.57 Å². The Hall–Kier alpha value is -3.22. The van der Waals surface area contributed by atoms with Crippen LogP contribution in [0.2, 0.25) is 0 Å². The van der Waals surface area contributed by atoms with Crippen molar-refractivity contribution in [2.45, 2.75) is 46.5 Å². The van der Waals surface area contributed by atoms with Crippen LogP contribution in [0.15, 0.2) is 0 Å². The van der Waals surface area contributed by atoms with Crippen molar-refractivity contribution in [1.82, 2.24) is 29.9 Å². The molecule has 168 valence electrons. The summed E-state index contributed by atoms with van der Waals surface area (Å²) < 4.78 is 6.66. The molecule has 0 spiro atoms. The monoisotopic (exact) mass is 448 g/mol. The van der Waals surface area contributed by atoms with Crippen molar-refractivity contribution in [3.8, 4) is 0 Å². The van der Waals surface area contributed by atoms with Crippen molar-refractivity contribution in [3.63, 3.8) is 0 Å². The summed E-state index contributed by atoms with van der Waals surface area (Å²) in [6.07, 6.45) is 3.18. The third-order valence-electron chi connectivity index (χ3n) is 4.40. The molecule has 2 aromatic rings. The lowest BCUT2D eigenvalue weighted by Crippen LogP contribution is -2.36. The lowest BCUT2D eigenvalue weighted by Gasteiger charge is -2.15. The van der Waals surface area contributed by atoms with Gasteiger partial charge in [0, 0.05) is 13.1 Å². The standard InChI is InChI=1S/C18H28N10O2S/c1-4-19-13-22-14(20-5-2)24-15(23-13)25-17(31)27-26-16-21-11-9-7-8-10-12(11)28(16)18(29)30-6-3/h4-10H2,1-3H3,(H,21,26)(H4,19,20,22,23,24,25,27,31). The third kappa shape index (κ3) is 5.69. The molecule has 2 aromatic heterocycles. The Bertz CT molecular complexity index is 908. The molecule has 5 N–H and O–H groups in total. The summed E-state index contributed by atoms with van der Waals surface area (Å²) in [5.74, 6) is 1.45. The van der Waals surface area contributed by atoms with Gasteiger partial charge in [-0.25, -0.2) is 14.3 Å². The first-order chi connectivity index (χ1) is 15.0. The molecule has 0 fully saturated rings. The van der Waals surface area contributed by atoms with Crippen LogP contribution in [0.3, 0.4) is 0 Å². The quantitative estimate of drug-likeness (QED) is 0.298. The van der Waals surface area contributed by atoms with Gasteiger partial charge >= 0.3 is 6.09 Å². The zero-order valence-electron chi connectivity index (χ0n) is 17.9. The first-order valence-corrected chi connectivity index (χ1v) is 10.8. The van der Waals surface area contributed by atoms with Crippen LogP contribution in [0, 0.1) is 0 Å². The number of anilines is 4. The van der Waals surface area contributed by atoms with E-state index >= 15 is 0 Å². The van der Waals surface area contributed by atoms with E-state index in [9.17, 15) is 4.79 Å². The van der Waals surface area contributed by atoms with E-state index in [0.717, 1.165) is 37.1 Å². The largest absolute Gasteiger partial charge is 0.449 e. The number of hydrogen-bond donors (Lipinski definition) is 5. The molecule has 0 atom stereocenters. The van der Waals surface area contributed by atoms with Gasteiger partial charge in [0.15, 0.2) is 5.11 Å². The minimum atomic E-state index is -0.468. The third-order valence-corrected chi connectivity index (χ3v) is 4.61. The number of hydrazine groups is 1. The zero-order chi connectivity index (χ0) is 22.2. The Balaban J connectivity index is 1.71. The molecule has 3 rings (SSSR count). The average Bonchev–Trinajstić information content (AvgIpc) is 3.11. The zero-order valence-corrected chi connectivity index (χ0v) is 18.7. The molecule has 13 heteroatoms. The Morgan fingerprint density at radius 3 is 2.29 bits per heavy atom. The second-order valence-electron chi connectivity index (χ2n) is 6.64. The number of nitrogens with zero attached hydrogens (tertiary/aromatic N) is 5. The summed E-state index contributed by atoms with van der Waals surface area (Å²) in [4.78, 5) is 29.9. The van der Waals surface area contributed by atoms with Gasteiger partial charge in [0.25, 0.3) is 0 Å². The molecule has 0 unspecified atom stereocenters. The maximum atomic E-state index is 12.5. The summed E-state index contributed by atoms with van der Waals surface area (Å²) >= 11 is 5.34. The molecule has 1 aliphatic carbocycles. The lowest BCUT2D eigenvalue weighted by atomic mass is 10.0. The normalized spacial score (nSPS) is 12.5. The smallest absolute Gasteiger partial charge is 0.421 e. The predicted molar refractivity (Wildman–Crippen MR) is 122 cm³/mol. The number of thiocarbonyl (C=S) groups is 1. The van der Waals surface area contributed by atoms with Gasteiger partial charge in [-0.05, 0) is 58.7 Å². The van der Waals surface area contributed by atoms with Crippen LogP contribution < -0.4 is 26.8 Å². The van der Waals surface area contributed by atoms with Gasteiger partial charge in [-0.3, -0.25) is 16.2 Å². The van der Waals surface area contributed by atoms with Gasteiger partial charge in [0.05, 0.1) is 18.0 Å². The van der Waals surface area contributed by atoms with Crippen LogP contribution >= 0.6 is 12.2 Å². The SMILES string of the molecule is CCNc1nc(NCC)nc(NC(=S)NNc2nc3c(n2C(=O)OCC)CCCC3)n1. The number of aryl methyl sites for hydroxylation is 1. The summed E-state index contributed by atoms with van der Waals surface area (Å²) in [6, 6.07) is 0. The topological polar surface area (TPSA) is 143 Å². The molecule has 2 heterocycles. The van der Waals surface area contributed by atoms with Gasteiger partial charge in [-0.2, -0.15) is 15.0 Å². The average molecular weight is 449 g/mol. The molecular formula is C18H28N10O2S. The highest BCUT2D eigenvalue weighted by Gasteiger charge is 2.25. The Morgan fingerprint density at radius 1 is 1.00 bits per heavy atom. The van der Waals surface area contributed by atoms with E-state index in [0.29, 0.717) is 30.9 Å². The van der Waals surface area contributed by atoms with Crippen LogP contribution in [-0.2, 0) is 17.6 Å². The predicted octanol–water partition coefficient (Wildman–Crippen LogP) is 2.13. The van der Waals surface area contributed by atoms with Crippen molar-refractivity contribution < 1.29 is 9.53 Å². The molecule has 0 bridgehead atoms. The van der Waals surface area contributed by atoms with Gasteiger partial charge in [0.2, 0.25) is 23.8 Å². The maximum Gasteiger partial charge on any atom is 0.421 e. The van der Waals surface area contributed by atoms with Crippen LogP contribution in [0.1, 0.15) is 45.0 Å². The number of ether oxygens (including phenoxy) is 1. The number of aromatic nitrogens is 5. The number of carbonyl (C=O) groups excluding carboxylic acids is 1. The van der Waals surface area contributed by atoms with Crippen molar-refractivity contribution in [3.05, 3.63) is 11.4 Å².